The van der Waals surface area contributed by atoms with Crippen molar-refractivity contribution in [3.63, 3.8) is 0 Å². The quantitative estimate of drug-likeness (QED) is 0.868. The van der Waals surface area contributed by atoms with Gasteiger partial charge < -0.3 is 14.6 Å². The highest BCUT2D eigenvalue weighted by Crippen LogP contribution is 2.32. The van der Waals surface area contributed by atoms with Crippen LogP contribution >= 0.6 is 0 Å². The van der Waals surface area contributed by atoms with Gasteiger partial charge in [-0.1, -0.05) is 6.08 Å². The molecular formula is C15H14F4N4O. The molecule has 2 aromatic rings. The molecule has 0 unspecified atom stereocenters. The Morgan fingerprint density at radius 2 is 2.17 bits per heavy atom. The van der Waals surface area contributed by atoms with Gasteiger partial charge in [-0.25, -0.2) is 14.4 Å². The fourth-order valence-electron chi connectivity index (χ4n) is 2.43. The highest BCUT2D eigenvalue weighted by atomic mass is 19.4. The molecule has 0 atom stereocenters. The summed E-state index contributed by atoms with van der Waals surface area (Å²) in [6, 6.07) is 0.958. The third-order valence-corrected chi connectivity index (χ3v) is 3.53. The van der Waals surface area contributed by atoms with E-state index in [1.807, 2.05) is 0 Å². The number of alkyl halides is 4. The van der Waals surface area contributed by atoms with Crippen molar-refractivity contribution in [3.8, 4) is 0 Å². The van der Waals surface area contributed by atoms with Crippen LogP contribution in [0.4, 0.5) is 17.6 Å². The van der Waals surface area contributed by atoms with Crippen LogP contribution in [0.15, 0.2) is 30.3 Å². The molecule has 1 aliphatic heterocycles. The molecule has 3 rings (SSSR count). The van der Waals surface area contributed by atoms with Gasteiger partial charge in [0.2, 0.25) is 0 Å². The minimum Gasteiger partial charge on any atom is -0.489 e. The molecule has 0 aromatic carbocycles. The number of nitrogens with one attached hydrogen (secondary N) is 1. The van der Waals surface area contributed by atoms with Crippen LogP contribution in [0.2, 0.25) is 0 Å². The average Bonchev–Trinajstić information content (AvgIpc) is 2.89. The maximum Gasteiger partial charge on any atom is 0.417 e. The third kappa shape index (κ3) is 2.93. The molecule has 0 bridgehead atoms. The second-order valence-corrected chi connectivity index (χ2v) is 5.13. The molecule has 9 heteroatoms. The van der Waals surface area contributed by atoms with Crippen molar-refractivity contribution in [2.45, 2.75) is 6.18 Å². The summed E-state index contributed by atoms with van der Waals surface area (Å²) in [5, 5.41) is 2.94. The van der Waals surface area contributed by atoms with Gasteiger partial charge in [-0.3, -0.25) is 0 Å². The van der Waals surface area contributed by atoms with Crippen LogP contribution in [0.5, 0.6) is 0 Å². The fourth-order valence-corrected chi connectivity index (χ4v) is 2.43. The Morgan fingerprint density at radius 1 is 1.38 bits per heavy atom. The van der Waals surface area contributed by atoms with Crippen LogP contribution in [0.1, 0.15) is 11.4 Å². The molecule has 128 valence electrons. The summed E-state index contributed by atoms with van der Waals surface area (Å²) in [5.41, 5.74) is 0.175. The molecule has 0 saturated heterocycles. The molecule has 0 aliphatic carbocycles. The summed E-state index contributed by atoms with van der Waals surface area (Å²) in [7, 11) is 1.65. The van der Waals surface area contributed by atoms with Crippen LogP contribution in [-0.2, 0) is 18.0 Å². The Labute approximate surface area is 134 Å². The van der Waals surface area contributed by atoms with Crippen molar-refractivity contribution < 1.29 is 22.3 Å². The smallest absolute Gasteiger partial charge is 0.417 e. The lowest BCUT2D eigenvalue weighted by atomic mass is 10.1. The summed E-state index contributed by atoms with van der Waals surface area (Å²) in [6.07, 6.45) is -0.346. The van der Waals surface area contributed by atoms with E-state index in [1.165, 1.54) is 0 Å². The lowest BCUT2D eigenvalue weighted by Gasteiger charge is -2.17. The van der Waals surface area contributed by atoms with E-state index in [0.29, 0.717) is 29.3 Å². The van der Waals surface area contributed by atoms with Gasteiger partial charge in [0.05, 0.1) is 11.1 Å². The molecule has 24 heavy (non-hydrogen) atoms. The lowest BCUT2D eigenvalue weighted by Crippen LogP contribution is -2.16. The Morgan fingerprint density at radius 3 is 2.88 bits per heavy atom. The molecule has 3 heterocycles. The van der Waals surface area contributed by atoms with E-state index >= 15 is 0 Å². The second kappa shape index (κ2) is 6.14. The zero-order valence-electron chi connectivity index (χ0n) is 12.7. The van der Waals surface area contributed by atoms with Crippen LogP contribution < -0.4 is 5.32 Å². The van der Waals surface area contributed by atoms with Gasteiger partial charge in [0, 0.05) is 26.0 Å². The van der Waals surface area contributed by atoms with E-state index in [4.69, 9.17) is 4.74 Å². The van der Waals surface area contributed by atoms with Crippen molar-refractivity contribution in [2.24, 2.45) is 7.05 Å². The first-order valence-electron chi connectivity index (χ1n) is 7.14. The standard InChI is InChI=1S/C15H14F4N4O/c1-23-13(10-2-4-20-8-12(10)24-5-3-16)22-11-6-9(15(17,18)19)7-21-14(11)23/h2,6-8,20H,3-5H2,1H3. The van der Waals surface area contributed by atoms with Crippen molar-refractivity contribution >= 4 is 16.7 Å². The van der Waals surface area contributed by atoms with Crippen molar-refractivity contribution in [2.75, 3.05) is 19.8 Å². The van der Waals surface area contributed by atoms with E-state index in [0.717, 1.165) is 12.3 Å². The van der Waals surface area contributed by atoms with E-state index in [1.54, 1.807) is 23.9 Å². The van der Waals surface area contributed by atoms with Crippen LogP contribution in [0, 0.1) is 0 Å². The minimum atomic E-state index is -4.48. The number of ether oxygens (including phenoxy) is 1. The molecule has 0 amide bonds. The minimum absolute atomic E-state index is 0.120. The lowest BCUT2D eigenvalue weighted by molar-refractivity contribution is -0.137. The predicted octanol–water partition coefficient (Wildman–Crippen LogP) is 2.80. The van der Waals surface area contributed by atoms with Crippen LogP contribution in [0.25, 0.3) is 16.7 Å². The molecule has 1 N–H and O–H groups in total. The second-order valence-electron chi connectivity index (χ2n) is 5.13. The zero-order valence-corrected chi connectivity index (χ0v) is 12.7. The first kappa shape index (κ1) is 16.3. The van der Waals surface area contributed by atoms with Crippen LogP contribution in [0.3, 0.4) is 0 Å². The summed E-state index contributed by atoms with van der Waals surface area (Å²) < 4.78 is 57.7. The Hall–Kier alpha value is -2.58. The first-order valence-corrected chi connectivity index (χ1v) is 7.14. The van der Waals surface area contributed by atoms with E-state index in [9.17, 15) is 17.6 Å². The molecule has 0 fully saturated rings. The number of pyridine rings is 1. The molecule has 2 aromatic heterocycles. The SMILES string of the molecule is Cn1c(C2=CCNC=C2OCCF)nc2cc(C(F)(F)F)cnc21. The van der Waals surface area contributed by atoms with Crippen molar-refractivity contribution in [1.82, 2.24) is 19.9 Å². The number of aryl methyl sites for hydroxylation is 1. The van der Waals surface area contributed by atoms with Gasteiger partial charge in [0.1, 0.15) is 30.4 Å². The first-order chi connectivity index (χ1) is 11.4. The normalized spacial score (nSPS) is 15.0. The Bertz CT molecular complexity index is 823. The highest BCUT2D eigenvalue weighted by Gasteiger charge is 2.32. The number of dihydropyridines is 1. The van der Waals surface area contributed by atoms with Gasteiger partial charge in [-0.15, -0.1) is 0 Å². The average molecular weight is 342 g/mol. The monoisotopic (exact) mass is 342 g/mol. The van der Waals surface area contributed by atoms with Gasteiger partial charge in [0.25, 0.3) is 0 Å². The number of fused-ring (bicyclic) bond motifs is 1. The molecule has 0 spiro atoms. The summed E-state index contributed by atoms with van der Waals surface area (Å²) in [4.78, 5) is 8.13. The molecule has 0 saturated carbocycles. The van der Waals surface area contributed by atoms with E-state index < -0.39 is 18.4 Å². The molecule has 5 nitrogen and oxygen atoms in total. The number of aromatic nitrogens is 3. The van der Waals surface area contributed by atoms with Gasteiger partial charge >= 0.3 is 6.18 Å². The largest absolute Gasteiger partial charge is 0.489 e. The number of rotatable bonds is 4. The van der Waals surface area contributed by atoms with Gasteiger partial charge in [0.15, 0.2) is 5.65 Å². The summed E-state index contributed by atoms with van der Waals surface area (Å²) in [6.45, 7) is -0.267. The predicted molar refractivity (Wildman–Crippen MR) is 79.5 cm³/mol. The number of hydrogen-bond acceptors (Lipinski definition) is 4. The molecular weight excluding hydrogens is 328 g/mol. The van der Waals surface area contributed by atoms with E-state index in [-0.39, 0.29) is 12.1 Å². The number of allylic oxidation sites excluding steroid dienone is 1. The van der Waals surface area contributed by atoms with Crippen molar-refractivity contribution in [3.05, 3.63) is 41.7 Å². The summed E-state index contributed by atoms with van der Waals surface area (Å²) >= 11 is 0. The molecule has 0 radical (unpaired) electrons. The highest BCUT2D eigenvalue weighted by molar-refractivity contribution is 5.82. The maximum atomic E-state index is 12.8. The third-order valence-electron chi connectivity index (χ3n) is 3.53. The molecule has 1 aliphatic rings. The Kier molecular flexibility index (Phi) is 4.16. The number of halogens is 4. The van der Waals surface area contributed by atoms with Crippen molar-refractivity contribution in [1.29, 1.82) is 0 Å². The number of hydrogen-bond donors (Lipinski definition) is 1. The fraction of sp³-hybridized carbons (Fsp3) is 0.333. The summed E-state index contributed by atoms with van der Waals surface area (Å²) in [5.74, 6) is 0.789. The van der Waals surface area contributed by atoms with Gasteiger partial charge in [-0.05, 0) is 6.07 Å². The maximum absolute atomic E-state index is 12.8. The topological polar surface area (TPSA) is 52.0 Å². The van der Waals surface area contributed by atoms with E-state index in [2.05, 4.69) is 15.3 Å². The van der Waals surface area contributed by atoms with Crippen LogP contribution in [-0.4, -0.2) is 34.4 Å². The van der Waals surface area contributed by atoms with Gasteiger partial charge in [-0.2, -0.15) is 13.2 Å². The zero-order chi connectivity index (χ0) is 17.3. The Balaban J connectivity index is 2.05. The number of nitrogens with zero attached hydrogens (tertiary/aromatic N) is 3. The number of imidazole rings is 1.